The second-order valence-corrected chi connectivity index (χ2v) is 4.24. The lowest BCUT2D eigenvalue weighted by atomic mass is 10.1. The fraction of sp³-hybridized carbons (Fsp3) is 0.214. The van der Waals surface area contributed by atoms with Crippen LogP contribution in [0.2, 0.25) is 0 Å². The highest BCUT2D eigenvalue weighted by Crippen LogP contribution is 2.15. The van der Waals surface area contributed by atoms with Crippen LogP contribution in [0.5, 0.6) is 0 Å². The summed E-state index contributed by atoms with van der Waals surface area (Å²) < 4.78 is 0. The molecule has 6 nitrogen and oxygen atoms in total. The maximum absolute atomic E-state index is 11.3. The predicted molar refractivity (Wildman–Crippen MR) is 77.9 cm³/mol. The lowest BCUT2D eigenvalue weighted by Gasteiger charge is -2.06. The Labute approximate surface area is 117 Å². The highest BCUT2D eigenvalue weighted by molar-refractivity contribution is 5.91. The number of hydrogen-bond acceptors (Lipinski definition) is 5. The summed E-state index contributed by atoms with van der Waals surface area (Å²) in [5.41, 5.74) is 7.90. The van der Waals surface area contributed by atoms with Gasteiger partial charge in [0.25, 0.3) is 5.91 Å². The number of aromatic nitrogens is 2. The van der Waals surface area contributed by atoms with Crippen molar-refractivity contribution in [1.82, 2.24) is 15.5 Å². The second kappa shape index (κ2) is 6.63. The van der Waals surface area contributed by atoms with Crippen molar-refractivity contribution in [2.45, 2.75) is 6.42 Å². The minimum atomic E-state index is -0.254. The van der Waals surface area contributed by atoms with E-state index in [2.05, 4.69) is 20.8 Å². The van der Waals surface area contributed by atoms with Crippen LogP contribution in [0.15, 0.2) is 36.4 Å². The van der Waals surface area contributed by atoms with Crippen LogP contribution in [0, 0.1) is 0 Å². The summed E-state index contributed by atoms with van der Waals surface area (Å²) in [5.74, 6) is 0.333. The standard InChI is InChI=1S/C14H17N5O/c1-16-14(20)12-6-7-13(19-18-12)17-11-4-2-10(3-5-11)8-9-15/h2-7H,8-9,15H2,1H3,(H,16,20)(H,17,19). The summed E-state index contributed by atoms with van der Waals surface area (Å²) in [6.07, 6.45) is 0.862. The molecule has 0 saturated carbocycles. The minimum absolute atomic E-state index is 0.254. The molecule has 4 N–H and O–H groups in total. The number of nitrogens with one attached hydrogen (secondary N) is 2. The molecule has 0 radical (unpaired) electrons. The number of rotatable bonds is 5. The third-order valence-electron chi connectivity index (χ3n) is 2.78. The molecule has 0 aliphatic carbocycles. The van der Waals surface area contributed by atoms with E-state index < -0.39 is 0 Å². The van der Waals surface area contributed by atoms with Crippen LogP contribution < -0.4 is 16.4 Å². The van der Waals surface area contributed by atoms with E-state index in [1.54, 1.807) is 19.2 Å². The molecule has 1 aromatic heterocycles. The van der Waals surface area contributed by atoms with Gasteiger partial charge >= 0.3 is 0 Å². The average Bonchev–Trinajstić information content (AvgIpc) is 2.49. The number of benzene rings is 1. The minimum Gasteiger partial charge on any atom is -0.354 e. The molecule has 1 aromatic carbocycles. The van der Waals surface area contributed by atoms with Crippen molar-refractivity contribution in [3.63, 3.8) is 0 Å². The van der Waals surface area contributed by atoms with Crippen molar-refractivity contribution in [2.75, 3.05) is 18.9 Å². The quantitative estimate of drug-likeness (QED) is 0.756. The zero-order valence-corrected chi connectivity index (χ0v) is 11.3. The Morgan fingerprint density at radius 1 is 1.15 bits per heavy atom. The third kappa shape index (κ3) is 3.52. The van der Waals surface area contributed by atoms with Gasteiger partial charge in [0.15, 0.2) is 11.5 Å². The van der Waals surface area contributed by atoms with E-state index in [9.17, 15) is 4.79 Å². The summed E-state index contributed by atoms with van der Waals surface area (Å²) in [4.78, 5) is 11.3. The van der Waals surface area contributed by atoms with Gasteiger partial charge in [-0.15, -0.1) is 10.2 Å². The van der Waals surface area contributed by atoms with Crippen molar-refractivity contribution < 1.29 is 4.79 Å². The molecule has 20 heavy (non-hydrogen) atoms. The van der Waals surface area contributed by atoms with E-state index in [1.165, 1.54) is 5.56 Å². The monoisotopic (exact) mass is 271 g/mol. The third-order valence-corrected chi connectivity index (χ3v) is 2.78. The number of amides is 1. The van der Waals surface area contributed by atoms with Gasteiger partial charge in [-0.1, -0.05) is 12.1 Å². The smallest absolute Gasteiger partial charge is 0.271 e. The lowest BCUT2D eigenvalue weighted by Crippen LogP contribution is -2.19. The summed E-state index contributed by atoms with van der Waals surface area (Å²) in [6.45, 7) is 0.638. The van der Waals surface area contributed by atoms with Gasteiger partial charge in [0.1, 0.15) is 0 Å². The second-order valence-electron chi connectivity index (χ2n) is 4.24. The molecular weight excluding hydrogens is 254 g/mol. The van der Waals surface area contributed by atoms with Crippen molar-refractivity contribution >= 4 is 17.4 Å². The predicted octanol–water partition coefficient (Wildman–Crippen LogP) is 1.08. The fourth-order valence-electron chi connectivity index (χ4n) is 1.72. The molecule has 0 spiro atoms. The Morgan fingerprint density at radius 3 is 2.45 bits per heavy atom. The molecule has 0 bridgehead atoms. The zero-order valence-electron chi connectivity index (χ0n) is 11.3. The summed E-state index contributed by atoms with van der Waals surface area (Å²) in [5, 5.41) is 13.4. The summed E-state index contributed by atoms with van der Waals surface area (Å²) in [7, 11) is 1.55. The molecule has 0 atom stereocenters. The molecular formula is C14H17N5O. The van der Waals surface area contributed by atoms with Crippen molar-refractivity contribution in [2.24, 2.45) is 5.73 Å². The topological polar surface area (TPSA) is 92.9 Å². The van der Waals surface area contributed by atoms with Gasteiger partial charge in [0.05, 0.1) is 0 Å². The number of carbonyl (C=O) groups is 1. The number of nitrogens with zero attached hydrogens (tertiary/aromatic N) is 2. The van der Waals surface area contributed by atoms with Gasteiger partial charge in [0.2, 0.25) is 0 Å². The van der Waals surface area contributed by atoms with Gasteiger partial charge in [-0.3, -0.25) is 4.79 Å². The first-order chi connectivity index (χ1) is 9.72. The molecule has 0 aliphatic heterocycles. The van der Waals surface area contributed by atoms with E-state index in [1.807, 2.05) is 24.3 Å². The van der Waals surface area contributed by atoms with Gasteiger partial charge in [-0.2, -0.15) is 0 Å². The number of nitrogens with two attached hydrogens (primary N) is 1. The maximum atomic E-state index is 11.3. The molecule has 104 valence electrons. The highest BCUT2D eigenvalue weighted by atomic mass is 16.1. The van der Waals surface area contributed by atoms with Crippen LogP contribution in [0.25, 0.3) is 0 Å². The largest absolute Gasteiger partial charge is 0.354 e. The first-order valence-electron chi connectivity index (χ1n) is 6.35. The van der Waals surface area contributed by atoms with E-state index in [0.717, 1.165) is 12.1 Å². The van der Waals surface area contributed by atoms with Gasteiger partial charge in [-0.05, 0) is 42.8 Å². The van der Waals surface area contributed by atoms with Crippen LogP contribution in [-0.4, -0.2) is 29.7 Å². The average molecular weight is 271 g/mol. The van der Waals surface area contributed by atoms with Gasteiger partial charge < -0.3 is 16.4 Å². The Morgan fingerprint density at radius 2 is 1.90 bits per heavy atom. The first kappa shape index (κ1) is 14.0. The fourth-order valence-corrected chi connectivity index (χ4v) is 1.72. The lowest BCUT2D eigenvalue weighted by molar-refractivity contribution is 0.0957. The first-order valence-corrected chi connectivity index (χ1v) is 6.35. The van der Waals surface area contributed by atoms with Crippen LogP contribution in [-0.2, 0) is 6.42 Å². The number of anilines is 2. The Balaban J connectivity index is 2.04. The van der Waals surface area contributed by atoms with Crippen LogP contribution in [0.1, 0.15) is 16.1 Å². The summed E-state index contributed by atoms with van der Waals surface area (Å²) >= 11 is 0. The number of carbonyl (C=O) groups excluding carboxylic acids is 1. The summed E-state index contributed by atoms with van der Waals surface area (Å²) in [6, 6.07) is 11.3. The van der Waals surface area contributed by atoms with Crippen molar-refractivity contribution in [3.8, 4) is 0 Å². The Kier molecular flexibility index (Phi) is 4.62. The molecule has 0 unspecified atom stereocenters. The molecule has 1 amide bonds. The van der Waals surface area contributed by atoms with E-state index in [-0.39, 0.29) is 11.6 Å². The molecule has 2 aromatic rings. The molecule has 2 rings (SSSR count). The van der Waals surface area contributed by atoms with E-state index in [0.29, 0.717) is 12.4 Å². The Hall–Kier alpha value is -2.47. The van der Waals surface area contributed by atoms with Gasteiger partial charge in [0, 0.05) is 12.7 Å². The van der Waals surface area contributed by atoms with Gasteiger partial charge in [-0.25, -0.2) is 0 Å². The SMILES string of the molecule is CNC(=O)c1ccc(Nc2ccc(CCN)cc2)nn1. The molecule has 1 heterocycles. The number of hydrogen-bond donors (Lipinski definition) is 3. The normalized spacial score (nSPS) is 10.1. The molecule has 0 aliphatic rings. The maximum Gasteiger partial charge on any atom is 0.271 e. The van der Waals surface area contributed by atoms with E-state index >= 15 is 0 Å². The van der Waals surface area contributed by atoms with Crippen LogP contribution in [0.4, 0.5) is 11.5 Å². The van der Waals surface area contributed by atoms with Crippen LogP contribution in [0.3, 0.4) is 0 Å². The molecule has 6 heteroatoms. The highest BCUT2D eigenvalue weighted by Gasteiger charge is 2.05. The van der Waals surface area contributed by atoms with Crippen LogP contribution >= 0.6 is 0 Å². The Bertz CT molecular complexity index is 565. The molecule has 0 saturated heterocycles. The van der Waals surface area contributed by atoms with Crippen molar-refractivity contribution in [1.29, 1.82) is 0 Å². The van der Waals surface area contributed by atoms with E-state index in [4.69, 9.17) is 5.73 Å². The molecule has 0 fully saturated rings. The van der Waals surface area contributed by atoms with Crippen molar-refractivity contribution in [3.05, 3.63) is 47.7 Å². The zero-order chi connectivity index (χ0) is 14.4.